The smallest absolute Gasteiger partial charge is 0.306 e. The number of hydrogen-bond donors (Lipinski definition) is 1. The van der Waals surface area contributed by atoms with Crippen LogP contribution in [0.5, 0.6) is 0 Å². The van der Waals surface area contributed by atoms with E-state index in [2.05, 4.69) is 5.10 Å². The van der Waals surface area contributed by atoms with Gasteiger partial charge in [0.2, 0.25) is 0 Å². The Morgan fingerprint density at radius 1 is 1.62 bits per heavy atom. The first kappa shape index (κ1) is 10.7. The molecule has 0 amide bonds. The van der Waals surface area contributed by atoms with Crippen LogP contribution in [-0.2, 0) is 11.2 Å². The minimum atomic E-state index is -0.771. The average Bonchev–Trinajstić information content (AvgIpc) is 2.61. The molecule has 0 fully saturated rings. The number of carboxylic acids is 1. The molecule has 1 N–H and O–H groups in total. The molecule has 0 aliphatic carbocycles. The van der Waals surface area contributed by atoms with E-state index in [0.29, 0.717) is 6.42 Å². The number of aryl methyl sites for hydroxylation is 1. The molecular formula is C12H14N2O2. The third kappa shape index (κ3) is 1.91. The van der Waals surface area contributed by atoms with E-state index in [1.807, 2.05) is 25.3 Å². The Morgan fingerprint density at radius 3 is 3.06 bits per heavy atom. The maximum absolute atomic E-state index is 10.8. The van der Waals surface area contributed by atoms with E-state index in [1.165, 1.54) is 0 Å². The Kier molecular flexibility index (Phi) is 2.64. The Hall–Kier alpha value is -1.84. The molecular weight excluding hydrogens is 204 g/mol. The summed E-state index contributed by atoms with van der Waals surface area (Å²) in [5.74, 6) is -1.15. The van der Waals surface area contributed by atoms with Crippen molar-refractivity contribution in [1.82, 2.24) is 9.61 Å². The molecule has 0 aromatic carbocycles. The van der Waals surface area contributed by atoms with Crippen molar-refractivity contribution >= 4 is 11.5 Å². The third-order valence-electron chi connectivity index (χ3n) is 2.70. The number of aliphatic carboxylic acids is 1. The van der Waals surface area contributed by atoms with Gasteiger partial charge in [0.1, 0.15) is 0 Å². The minimum Gasteiger partial charge on any atom is -0.481 e. The summed E-state index contributed by atoms with van der Waals surface area (Å²) in [6, 6.07) is 4.00. The average molecular weight is 218 g/mol. The number of carboxylic acid groups (broad SMARTS) is 1. The van der Waals surface area contributed by atoms with Crippen LogP contribution in [0.25, 0.3) is 5.52 Å². The molecule has 0 saturated carbocycles. The number of rotatable bonds is 3. The zero-order valence-electron chi connectivity index (χ0n) is 9.34. The summed E-state index contributed by atoms with van der Waals surface area (Å²) in [6.45, 7) is 3.72. The predicted octanol–water partition coefficient (Wildman–Crippen LogP) is 1.91. The van der Waals surface area contributed by atoms with Gasteiger partial charge in [0, 0.05) is 6.20 Å². The molecule has 4 heteroatoms. The lowest BCUT2D eigenvalue weighted by Crippen LogP contribution is -2.12. The number of fused-ring (bicyclic) bond motifs is 1. The molecule has 84 valence electrons. The van der Waals surface area contributed by atoms with Crippen molar-refractivity contribution in [3.63, 3.8) is 0 Å². The van der Waals surface area contributed by atoms with Gasteiger partial charge in [0.05, 0.1) is 17.6 Å². The monoisotopic (exact) mass is 218 g/mol. The highest BCUT2D eigenvalue weighted by molar-refractivity contribution is 5.70. The van der Waals surface area contributed by atoms with Crippen molar-refractivity contribution in [2.24, 2.45) is 5.92 Å². The molecule has 0 spiro atoms. The van der Waals surface area contributed by atoms with Crippen molar-refractivity contribution in [3.8, 4) is 0 Å². The van der Waals surface area contributed by atoms with E-state index in [-0.39, 0.29) is 5.92 Å². The zero-order valence-corrected chi connectivity index (χ0v) is 9.34. The Balaban J connectivity index is 2.37. The van der Waals surface area contributed by atoms with Crippen LogP contribution < -0.4 is 0 Å². The lowest BCUT2D eigenvalue weighted by atomic mass is 10.0. The fourth-order valence-electron chi connectivity index (χ4n) is 1.71. The summed E-state index contributed by atoms with van der Waals surface area (Å²) in [7, 11) is 0. The highest BCUT2D eigenvalue weighted by Crippen LogP contribution is 2.16. The summed E-state index contributed by atoms with van der Waals surface area (Å²) < 4.78 is 1.77. The molecule has 4 nitrogen and oxygen atoms in total. The van der Waals surface area contributed by atoms with Gasteiger partial charge in [-0.3, -0.25) is 4.79 Å². The molecule has 0 aliphatic heterocycles. The lowest BCUT2D eigenvalue weighted by Gasteiger charge is -2.04. The first-order valence-electron chi connectivity index (χ1n) is 5.23. The van der Waals surface area contributed by atoms with Gasteiger partial charge in [-0.25, -0.2) is 4.52 Å². The number of carbonyl (C=O) groups is 1. The maximum atomic E-state index is 10.8. The molecule has 0 aliphatic rings. The van der Waals surface area contributed by atoms with Crippen LogP contribution in [0.4, 0.5) is 0 Å². The van der Waals surface area contributed by atoms with Gasteiger partial charge in [-0.2, -0.15) is 5.10 Å². The molecule has 1 atom stereocenters. The van der Waals surface area contributed by atoms with Crippen LogP contribution in [0.1, 0.15) is 18.1 Å². The summed E-state index contributed by atoms with van der Waals surface area (Å²) in [6.07, 6.45) is 4.15. The van der Waals surface area contributed by atoms with Crippen LogP contribution >= 0.6 is 0 Å². The van der Waals surface area contributed by atoms with E-state index in [0.717, 1.165) is 16.6 Å². The van der Waals surface area contributed by atoms with Crippen molar-refractivity contribution in [3.05, 3.63) is 35.7 Å². The van der Waals surface area contributed by atoms with Gasteiger partial charge in [-0.1, -0.05) is 6.92 Å². The van der Waals surface area contributed by atoms with Crippen molar-refractivity contribution in [2.75, 3.05) is 0 Å². The normalized spacial score (nSPS) is 12.9. The summed E-state index contributed by atoms with van der Waals surface area (Å²) in [5, 5.41) is 13.1. The second-order valence-corrected chi connectivity index (χ2v) is 4.15. The molecule has 0 radical (unpaired) electrons. The van der Waals surface area contributed by atoms with Crippen LogP contribution in [-0.4, -0.2) is 20.7 Å². The quantitative estimate of drug-likeness (QED) is 0.856. The molecule has 0 bridgehead atoms. The van der Waals surface area contributed by atoms with E-state index in [9.17, 15) is 4.79 Å². The molecule has 2 heterocycles. The van der Waals surface area contributed by atoms with Gasteiger partial charge in [0.25, 0.3) is 0 Å². The van der Waals surface area contributed by atoms with Gasteiger partial charge >= 0.3 is 5.97 Å². The lowest BCUT2D eigenvalue weighted by molar-refractivity contribution is -0.141. The minimum absolute atomic E-state index is 0.381. The SMILES string of the molecule is Cc1ccn2ncc(CC(C)C(=O)O)c2c1. The van der Waals surface area contributed by atoms with Gasteiger partial charge < -0.3 is 5.11 Å². The molecule has 2 aromatic rings. The first-order chi connectivity index (χ1) is 7.58. The largest absolute Gasteiger partial charge is 0.481 e. The molecule has 16 heavy (non-hydrogen) atoms. The van der Waals surface area contributed by atoms with Crippen LogP contribution in [0.2, 0.25) is 0 Å². The highest BCUT2D eigenvalue weighted by Gasteiger charge is 2.14. The summed E-state index contributed by atoms with van der Waals surface area (Å²) in [4.78, 5) is 10.8. The van der Waals surface area contributed by atoms with Crippen molar-refractivity contribution < 1.29 is 9.90 Å². The Labute approximate surface area is 93.5 Å². The Bertz CT molecular complexity index is 531. The summed E-state index contributed by atoms with van der Waals surface area (Å²) >= 11 is 0. The van der Waals surface area contributed by atoms with E-state index in [4.69, 9.17) is 5.11 Å². The van der Waals surface area contributed by atoms with E-state index >= 15 is 0 Å². The number of hydrogen-bond acceptors (Lipinski definition) is 2. The van der Waals surface area contributed by atoms with E-state index in [1.54, 1.807) is 17.6 Å². The predicted molar refractivity (Wildman–Crippen MR) is 60.4 cm³/mol. The Morgan fingerprint density at radius 2 is 2.38 bits per heavy atom. The van der Waals surface area contributed by atoms with Gasteiger partial charge in [0.15, 0.2) is 0 Å². The number of nitrogens with zero attached hydrogens (tertiary/aromatic N) is 2. The second-order valence-electron chi connectivity index (χ2n) is 4.15. The van der Waals surface area contributed by atoms with E-state index < -0.39 is 5.97 Å². The summed E-state index contributed by atoms with van der Waals surface area (Å²) in [5.41, 5.74) is 3.13. The first-order valence-corrected chi connectivity index (χ1v) is 5.23. The van der Waals surface area contributed by atoms with Gasteiger partial charge in [-0.15, -0.1) is 0 Å². The maximum Gasteiger partial charge on any atom is 0.306 e. The van der Waals surface area contributed by atoms with Crippen LogP contribution in [0, 0.1) is 12.8 Å². The van der Waals surface area contributed by atoms with Crippen LogP contribution in [0.3, 0.4) is 0 Å². The molecule has 0 saturated heterocycles. The van der Waals surface area contributed by atoms with Gasteiger partial charge in [-0.05, 0) is 36.6 Å². The highest BCUT2D eigenvalue weighted by atomic mass is 16.4. The fourth-order valence-corrected chi connectivity index (χ4v) is 1.71. The zero-order chi connectivity index (χ0) is 11.7. The topological polar surface area (TPSA) is 54.6 Å². The fraction of sp³-hybridized carbons (Fsp3) is 0.333. The molecule has 1 unspecified atom stereocenters. The van der Waals surface area contributed by atoms with Crippen molar-refractivity contribution in [2.45, 2.75) is 20.3 Å². The van der Waals surface area contributed by atoms with Crippen LogP contribution in [0.15, 0.2) is 24.5 Å². The number of pyridine rings is 1. The molecule has 2 rings (SSSR count). The van der Waals surface area contributed by atoms with Crippen molar-refractivity contribution in [1.29, 1.82) is 0 Å². The second kappa shape index (κ2) is 3.96. The third-order valence-corrected chi connectivity index (χ3v) is 2.70. The number of aromatic nitrogens is 2. The molecule has 2 aromatic heterocycles. The standard InChI is InChI=1S/C12H14N2O2/c1-8-3-4-14-11(5-8)10(7-13-14)6-9(2)12(15)16/h3-5,7,9H,6H2,1-2H3,(H,15,16).